The molecular weight excluding hydrogens is 604 g/mol. The number of Topliss-reactive ketones (excluding diaryl/α,β-unsaturated/α-hetero) is 1. The molecule has 2 aliphatic heterocycles. The smallest absolute Gasteiger partial charge is 0.202 e. The fourth-order valence-electron chi connectivity index (χ4n) is 7.15. The van der Waals surface area contributed by atoms with Gasteiger partial charge in [-0.3, -0.25) is 19.3 Å². The number of aliphatic hydroxyl groups excluding tert-OH is 2. The van der Waals surface area contributed by atoms with Crippen LogP contribution >= 0.6 is 0 Å². The van der Waals surface area contributed by atoms with E-state index < -0.39 is 102 Å². The van der Waals surface area contributed by atoms with E-state index in [4.69, 9.17) is 18.9 Å². The Morgan fingerprint density at radius 1 is 1.17 bits per heavy atom. The van der Waals surface area contributed by atoms with Gasteiger partial charge >= 0.3 is 0 Å². The summed E-state index contributed by atoms with van der Waals surface area (Å²) in [5.41, 5.74) is -3.78. The molecule has 2 aromatic rings. The van der Waals surface area contributed by atoms with Crippen LogP contribution in [0.2, 0.25) is 0 Å². The lowest BCUT2D eigenvalue weighted by Crippen LogP contribution is -2.60. The van der Waals surface area contributed by atoms with Gasteiger partial charge in [-0.25, -0.2) is 0 Å². The summed E-state index contributed by atoms with van der Waals surface area (Å²) in [6.07, 6.45) is -5.39. The van der Waals surface area contributed by atoms with Crippen molar-refractivity contribution in [3.63, 3.8) is 0 Å². The Morgan fingerprint density at radius 3 is 2.61 bits per heavy atom. The summed E-state index contributed by atoms with van der Waals surface area (Å²) in [5, 5.41) is 65.1. The number of nitriles is 1. The molecule has 46 heavy (non-hydrogen) atoms. The standard InChI is InChI=1S/C32H34N2O12/c1-14-27(37)18(34-6-7-44-13-15(34)11-33)8-22(45-14)46-20-10-32(42,21(36)12-35)9-17-24(20)31(41)26-25(29(17)39)28(38)16-4-3-5-19(43-2)23(16)30(26)40/h3-5,14-15,18,20,22,27,35,37,39,41-42H,6-10,12-13H2,1-2H3/t14-,15+,18-,20-,22-,27+,32-/m0/s1. The third-order valence-corrected chi connectivity index (χ3v) is 9.48. The van der Waals surface area contributed by atoms with Crippen molar-refractivity contribution < 1.29 is 58.9 Å². The maximum absolute atomic E-state index is 13.9. The first-order valence-electron chi connectivity index (χ1n) is 14.9. The average Bonchev–Trinajstić information content (AvgIpc) is 3.05. The van der Waals surface area contributed by atoms with Crippen LogP contribution in [0.15, 0.2) is 18.2 Å². The molecule has 0 spiro atoms. The number of methoxy groups -OCH3 is 1. The van der Waals surface area contributed by atoms with E-state index in [9.17, 15) is 45.2 Å². The predicted octanol–water partition coefficient (Wildman–Crippen LogP) is 0.267. The summed E-state index contributed by atoms with van der Waals surface area (Å²) in [4.78, 5) is 42.2. The Hall–Kier alpha value is -3.94. The van der Waals surface area contributed by atoms with E-state index >= 15 is 0 Å². The molecule has 0 bridgehead atoms. The lowest BCUT2D eigenvalue weighted by atomic mass is 9.72. The highest BCUT2D eigenvalue weighted by atomic mass is 16.7. The summed E-state index contributed by atoms with van der Waals surface area (Å²) in [5.74, 6) is -3.87. The van der Waals surface area contributed by atoms with Crippen molar-refractivity contribution >= 4 is 17.3 Å². The normalized spacial score (nSPS) is 31.0. The molecule has 0 aromatic heterocycles. The minimum Gasteiger partial charge on any atom is -0.507 e. The van der Waals surface area contributed by atoms with Crippen LogP contribution in [-0.2, 0) is 25.4 Å². The van der Waals surface area contributed by atoms with E-state index in [-0.39, 0.29) is 41.0 Å². The molecule has 0 unspecified atom stereocenters. The third-order valence-electron chi connectivity index (χ3n) is 9.48. The Bertz CT molecular complexity index is 1650. The molecule has 2 heterocycles. The van der Waals surface area contributed by atoms with E-state index in [0.717, 1.165) is 0 Å². The number of phenolic OH excluding ortho intramolecular Hbond substituents is 2. The number of benzene rings is 2. The summed E-state index contributed by atoms with van der Waals surface area (Å²) in [6.45, 7) is 1.42. The molecule has 14 heteroatoms. The number of phenols is 2. The van der Waals surface area contributed by atoms with Gasteiger partial charge in [-0.1, -0.05) is 12.1 Å². The van der Waals surface area contributed by atoms with E-state index in [1.54, 1.807) is 11.8 Å². The van der Waals surface area contributed by atoms with E-state index in [2.05, 4.69) is 6.07 Å². The molecule has 0 radical (unpaired) electrons. The number of morpholine rings is 1. The van der Waals surface area contributed by atoms with Gasteiger partial charge in [0.25, 0.3) is 0 Å². The minimum absolute atomic E-state index is 0.0293. The quantitative estimate of drug-likeness (QED) is 0.229. The number of fused-ring (bicyclic) bond motifs is 3. The highest BCUT2D eigenvalue weighted by Crippen LogP contribution is 2.52. The molecule has 2 saturated heterocycles. The molecule has 0 saturated carbocycles. The van der Waals surface area contributed by atoms with Gasteiger partial charge in [0, 0.05) is 48.5 Å². The van der Waals surface area contributed by atoms with Crippen LogP contribution < -0.4 is 4.74 Å². The molecule has 244 valence electrons. The van der Waals surface area contributed by atoms with Gasteiger partial charge in [0.05, 0.1) is 61.4 Å². The number of rotatable bonds is 6. The van der Waals surface area contributed by atoms with Crippen molar-refractivity contribution in [1.29, 1.82) is 5.26 Å². The van der Waals surface area contributed by atoms with E-state index in [1.807, 2.05) is 0 Å². The minimum atomic E-state index is -2.29. The van der Waals surface area contributed by atoms with Crippen LogP contribution in [0.3, 0.4) is 0 Å². The monoisotopic (exact) mass is 638 g/mol. The fraction of sp³-hybridized carbons (Fsp3) is 0.500. The van der Waals surface area contributed by atoms with Crippen molar-refractivity contribution in [3.05, 3.63) is 51.6 Å². The number of aliphatic hydroxyl groups is 3. The summed E-state index contributed by atoms with van der Waals surface area (Å²) < 4.78 is 23.0. The maximum Gasteiger partial charge on any atom is 0.202 e. The Balaban J connectivity index is 1.44. The second kappa shape index (κ2) is 12.0. The van der Waals surface area contributed by atoms with Crippen molar-refractivity contribution in [2.45, 2.75) is 68.5 Å². The summed E-state index contributed by atoms with van der Waals surface area (Å²) in [6, 6.07) is 5.28. The van der Waals surface area contributed by atoms with Crippen LogP contribution in [0.25, 0.3) is 0 Å². The lowest BCUT2D eigenvalue weighted by molar-refractivity contribution is -0.262. The summed E-state index contributed by atoms with van der Waals surface area (Å²) >= 11 is 0. The van der Waals surface area contributed by atoms with Crippen molar-refractivity contribution in [2.24, 2.45) is 0 Å². The Morgan fingerprint density at radius 2 is 1.91 bits per heavy atom. The summed E-state index contributed by atoms with van der Waals surface area (Å²) in [7, 11) is 1.32. The van der Waals surface area contributed by atoms with Crippen LogP contribution in [-0.4, -0.2) is 117 Å². The number of carbonyl (C=O) groups is 3. The van der Waals surface area contributed by atoms with Crippen molar-refractivity contribution in [1.82, 2.24) is 4.90 Å². The molecule has 6 rings (SSSR count). The predicted molar refractivity (Wildman–Crippen MR) is 154 cm³/mol. The first-order valence-corrected chi connectivity index (χ1v) is 14.9. The molecule has 14 nitrogen and oxygen atoms in total. The SMILES string of the molecule is COc1cccc2c1C(=O)c1c(O)c3c(c(O)c1C2=O)C[C@@](O)(C(=O)CO)C[C@@H]3O[C@H]1C[C@H](N2CCOC[C@H]2C#N)[C@H](O)[C@H](C)O1. The largest absolute Gasteiger partial charge is 0.507 e. The van der Waals surface area contributed by atoms with Gasteiger partial charge in [0.2, 0.25) is 5.78 Å². The highest BCUT2D eigenvalue weighted by molar-refractivity contribution is 6.31. The first-order chi connectivity index (χ1) is 21.9. The lowest BCUT2D eigenvalue weighted by Gasteiger charge is -2.47. The zero-order chi connectivity index (χ0) is 33.1. The average molecular weight is 639 g/mol. The zero-order valence-corrected chi connectivity index (χ0v) is 25.1. The van der Waals surface area contributed by atoms with Crippen molar-refractivity contribution in [2.75, 3.05) is 33.5 Å². The Labute approximate surface area is 263 Å². The molecule has 7 atom stereocenters. The van der Waals surface area contributed by atoms with Gasteiger partial charge in [-0.15, -0.1) is 0 Å². The first kappa shape index (κ1) is 32.0. The Kier molecular flexibility index (Phi) is 8.36. The third kappa shape index (κ3) is 4.96. The van der Waals surface area contributed by atoms with Gasteiger partial charge in [0.1, 0.15) is 35.5 Å². The molecule has 4 aliphatic rings. The van der Waals surface area contributed by atoms with Gasteiger partial charge < -0.3 is 44.5 Å². The van der Waals surface area contributed by atoms with Crippen molar-refractivity contribution in [3.8, 4) is 23.3 Å². The van der Waals surface area contributed by atoms with E-state index in [0.29, 0.717) is 13.2 Å². The molecule has 5 N–H and O–H groups in total. The molecule has 2 aromatic carbocycles. The number of carbonyl (C=O) groups excluding carboxylic acids is 3. The number of hydrogen-bond acceptors (Lipinski definition) is 14. The number of nitrogens with zero attached hydrogens (tertiary/aromatic N) is 2. The topological polar surface area (TPSA) is 216 Å². The van der Waals surface area contributed by atoms with Crippen LogP contribution in [0.5, 0.6) is 17.2 Å². The second-order valence-electron chi connectivity index (χ2n) is 12.0. The highest BCUT2D eigenvalue weighted by Gasteiger charge is 2.51. The number of ketones is 3. The van der Waals surface area contributed by atoms with E-state index in [1.165, 1.54) is 25.3 Å². The number of ether oxygens (including phenoxy) is 4. The molecule has 0 amide bonds. The maximum atomic E-state index is 13.9. The van der Waals surface area contributed by atoms with Gasteiger partial charge in [-0.05, 0) is 13.0 Å². The van der Waals surface area contributed by atoms with Crippen LogP contribution in [0.4, 0.5) is 0 Å². The molecule has 2 aliphatic carbocycles. The van der Waals surface area contributed by atoms with Gasteiger partial charge in [0.15, 0.2) is 17.9 Å². The molecule has 2 fully saturated rings. The fourth-order valence-corrected chi connectivity index (χ4v) is 7.15. The number of hydrogen-bond donors (Lipinski definition) is 5. The molecular formula is C32H34N2O12. The second-order valence-corrected chi connectivity index (χ2v) is 12.0. The van der Waals surface area contributed by atoms with Gasteiger partial charge in [-0.2, -0.15) is 5.26 Å². The zero-order valence-electron chi connectivity index (χ0n) is 25.1. The van der Waals surface area contributed by atoms with Crippen LogP contribution in [0, 0.1) is 11.3 Å². The number of aromatic hydroxyl groups is 2. The van der Waals surface area contributed by atoms with Crippen LogP contribution in [0.1, 0.15) is 68.8 Å².